The molecule has 0 bridgehead atoms. The smallest absolute Gasteiger partial charge is 0.327 e. The Morgan fingerprint density at radius 2 is 1.95 bits per heavy atom. The van der Waals surface area contributed by atoms with Crippen LogP contribution < -0.4 is 5.32 Å². The predicted octanol–water partition coefficient (Wildman–Crippen LogP) is 2.51. The summed E-state index contributed by atoms with van der Waals surface area (Å²) < 4.78 is 0. The minimum atomic E-state index is -0.910. The zero-order chi connectivity index (χ0) is 14.9. The van der Waals surface area contributed by atoms with Crippen molar-refractivity contribution in [2.24, 2.45) is 5.92 Å². The van der Waals surface area contributed by atoms with Crippen LogP contribution in [0, 0.1) is 5.92 Å². The number of aliphatic carboxylic acids is 1. The van der Waals surface area contributed by atoms with Crippen molar-refractivity contribution >= 4 is 23.8 Å². The van der Waals surface area contributed by atoms with Gasteiger partial charge in [0.1, 0.15) is 6.04 Å². The van der Waals surface area contributed by atoms with E-state index in [1.165, 1.54) is 0 Å². The van der Waals surface area contributed by atoms with Gasteiger partial charge in [-0.15, -0.1) is 11.8 Å². The van der Waals surface area contributed by atoms with Crippen LogP contribution in [0.15, 0.2) is 0 Å². The Labute approximate surface area is 124 Å². The van der Waals surface area contributed by atoms with E-state index in [1.807, 2.05) is 13.8 Å². The Morgan fingerprint density at radius 3 is 2.45 bits per heavy atom. The number of carboxylic acids is 1. The van der Waals surface area contributed by atoms with Crippen molar-refractivity contribution in [3.63, 3.8) is 0 Å². The average molecular weight is 300 g/mol. The fourth-order valence-electron chi connectivity index (χ4n) is 3.09. The summed E-state index contributed by atoms with van der Waals surface area (Å²) in [4.78, 5) is 25.5. The summed E-state index contributed by atoms with van der Waals surface area (Å²) in [7, 11) is 0. The molecule has 2 aliphatic rings. The number of urea groups is 1. The van der Waals surface area contributed by atoms with Crippen LogP contribution in [-0.4, -0.2) is 44.7 Å². The molecule has 114 valence electrons. The van der Waals surface area contributed by atoms with E-state index >= 15 is 0 Å². The lowest BCUT2D eigenvalue weighted by atomic mass is 10.0. The minimum absolute atomic E-state index is 0.0545. The molecule has 2 amide bonds. The summed E-state index contributed by atoms with van der Waals surface area (Å²) in [5.41, 5.74) is -0.172. The van der Waals surface area contributed by atoms with Crippen LogP contribution in [0.2, 0.25) is 0 Å². The second-order valence-electron chi connectivity index (χ2n) is 6.43. The Balaban J connectivity index is 2.12. The lowest BCUT2D eigenvalue weighted by Gasteiger charge is -2.34. The van der Waals surface area contributed by atoms with E-state index in [4.69, 9.17) is 0 Å². The molecule has 0 aromatic heterocycles. The maximum atomic E-state index is 12.6. The summed E-state index contributed by atoms with van der Waals surface area (Å²) in [6, 6.07) is -0.928. The van der Waals surface area contributed by atoms with Crippen LogP contribution in [0.25, 0.3) is 0 Å². The summed E-state index contributed by atoms with van der Waals surface area (Å²) in [6.45, 7) is 6.11. The summed E-state index contributed by atoms with van der Waals surface area (Å²) in [6.07, 6.45) is 4.20. The van der Waals surface area contributed by atoms with Gasteiger partial charge in [0.05, 0.1) is 5.37 Å². The standard InChI is InChI=1S/C14H24N2O3S/c1-9(2)11-16(10(8-20-11)12(17)18)13(19)15-14(3)6-4-5-7-14/h9-11H,4-8H2,1-3H3,(H,15,19)(H,17,18). The molecule has 1 heterocycles. The SMILES string of the molecule is CC(C)C1SCC(C(=O)O)N1C(=O)NC1(C)CCCC1. The van der Waals surface area contributed by atoms with Crippen LogP contribution in [0.1, 0.15) is 46.5 Å². The van der Waals surface area contributed by atoms with E-state index < -0.39 is 12.0 Å². The van der Waals surface area contributed by atoms with E-state index in [1.54, 1.807) is 16.7 Å². The largest absolute Gasteiger partial charge is 0.480 e. The van der Waals surface area contributed by atoms with Gasteiger partial charge in [0.25, 0.3) is 0 Å². The molecular formula is C14H24N2O3S. The van der Waals surface area contributed by atoms with Gasteiger partial charge < -0.3 is 10.4 Å². The molecule has 1 aliphatic heterocycles. The molecule has 20 heavy (non-hydrogen) atoms. The van der Waals surface area contributed by atoms with Gasteiger partial charge in [-0.05, 0) is 25.7 Å². The van der Waals surface area contributed by atoms with Gasteiger partial charge in [-0.3, -0.25) is 4.90 Å². The number of amides is 2. The number of carbonyl (C=O) groups is 2. The summed E-state index contributed by atoms with van der Waals surface area (Å²) >= 11 is 1.56. The Hall–Kier alpha value is -0.910. The fraction of sp³-hybridized carbons (Fsp3) is 0.857. The first-order valence-corrected chi connectivity index (χ1v) is 8.34. The topological polar surface area (TPSA) is 69.6 Å². The molecule has 0 radical (unpaired) electrons. The molecule has 2 fully saturated rings. The summed E-state index contributed by atoms with van der Waals surface area (Å²) in [5.74, 6) is -0.193. The van der Waals surface area contributed by atoms with Crippen LogP contribution in [0.5, 0.6) is 0 Å². The zero-order valence-electron chi connectivity index (χ0n) is 12.4. The van der Waals surface area contributed by atoms with Crippen molar-refractivity contribution in [3.05, 3.63) is 0 Å². The quantitative estimate of drug-likeness (QED) is 0.840. The molecule has 1 saturated carbocycles. The van der Waals surface area contributed by atoms with Crippen LogP contribution in [0.4, 0.5) is 4.79 Å². The van der Waals surface area contributed by atoms with Crippen molar-refractivity contribution in [2.45, 2.75) is 63.4 Å². The number of nitrogens with one attached hydrogen (secondary N) is 1. The molecule has 0 aromatic carbocycles. The highest BCUT2D eigenvalue weighted by Crippen LogP contribution is 2.35. The number of nitrogens with zero attached hydrogens (tertiary/aromatic N) is 1. The maximum Gasteiger partial charge on any atom is 0.327 e. The first-order valence-electron chi connectivity index (χ1n) is 7.29. The van der Waals surface area contributed by atoms with Crippen LogP contribution >= 0.6 is 11.8 Å². The fourth-order valence-corrected chi connectivity index (χ4v) is 4.56. The lowest BCUT2D eigenvalue weighted by Crippen LogP contribution is -2.56. The van der Waals surface area contributed by atoms with E-state index in [9.17, 15) is 14.7 Å². The molecule has 6 heteroatoms. The van der Waals surface area contributed by atoms with Crippen molar-refractivity contribution in [1.82, 2.24) is 10.2 Å². The first-order chi connectivity index (χ1) is 9.34. The molecule has 2 atom stereocenters. The molecule has 2 unspecified atom stereocenters. The van der Waals surface area contributed by atoms with Crippen LogP contribution in [0.3, 0.4) is 0 Å². The zero-order valence-corrected chi connectivity index (χ0v) is 13.2. The number of thioether (sulfide) groups is 1. The van der Waals surface area contributed by atoms with Gasteiger partial charge in [0.15, 0.2) is 0 Å². The Kier molecular flexibility index (Phi) is 4.52. The van der Waals surface area contributed by atoms with E-state index in [2.05, 4.69) is 12.2 Å². The molecule has 2 rings (SSSR count). The van der Waals surface area contributed by atoms with Crippen molar-refractivity contribution in [3.8, 4) is 0 Å². The van der Waals surface area contributed by atoms with E-state index in [0.29, 0.717) is 5.75 Å². The number of hydrogen-bond acceptors (Lipinski definition) is 3. The molecule has 1 saturated heterocycles. The Bertz CT molecular complexity index is 394. The van der Waals surface area contributed by atoms with Gasteiger partial charge in [-0.25, -0.2) is 9.59 Å². The highest BCUT2D eigenvalue weighted by molar-refractivity contribution is 8.00. The summed E-state index contributed by atoms with van der Waals surface area (Å²) in [5, 5.41) is 12.3. The van der Waals surface area contributed by atoms with Gasteiger partial charge >= 0.3 is 12.0 Å². The minimum Gasteiger partial charge on any atom is -0.480 e. The normalized spacial score (nSPS) is 28.9. The third-order valence-corrected chi connectivity index (χ3v) is 5.86. The van der Waals surface area contributed by atoms with E-state index in [-0.39, 0.29) is 22.9 Å². The van der Waals surface area contributed by atoms with Crippen molar-refractivity contribution < 1.29 is 14.7 Å². The molecule has 5 nitrogen and oxygen atoms in total. The van der Waals surface area contributed by atoms with Gasteiger partial charge in [0.2, 0.25) is 0 Å². The Morgan fingerprint density at radius 1 is 1.35 bits per heavy atom. The average Bonchev–Trinajstić information content (AvgIpc) is 2.94. The first kappa shape index (κ1) is 15.5. The third kappa shape index (κ3) is 3.05. The lowest BCUT2D eigenvalue weighted by molar-refractivity contribution is -0.141. The molecule has 0 spiro atoms. The van der Waals surface area contributed by atoms with Crippen LogP contribution in [-0.2, 0) is 4.79 Å². The monoisotopic (exact) mass is 300 g/mol. The number of carbonyl (C=O) groups excluding carboxylic acids is 1. The number of rotatable bonds is 3. The molecule has 2 N–H and O–H groups in total. The van der Waals surface area contributed by atoms with Gasteiger partial charge in [-0.1, -0.05) is 26.7 Å². The second kappa shape index (κ2) is 5.84. The number of carboxylic acid groups (broad SMARTS) is 1. The maximum absolute atomic E-state index is 12.6. The highest BCUT2D eigenvalue weighted by Gasteiger charge is 2.44. The van der Waals surface area contributed by atoms with Crippen molar-refractivity contribution in [1.29, 1.82) is 0 Å². The highest BCUT2D eigenvalue weighted by atomic mass is 32.2. The molecule has 1 aliphatic carbocycles. The third-order valence-electron chi connectivity index (χ3n) is 4.24. The molecule has 0 aromatic rings. The second-order valence-corrected chi connectivity index (χ2v) is 7.58. The molecular weight excluding hydrogens is 276 g/mol. The number of hydrogen-bond donors (Lipinski definition) is 2. The van der Waals surface area contributed by atoms with Gasteiger partial charge in [0, 0.05) is 11.3 Å². The van der Waals surface area contributed by atoms with E-state index in [0.717, 1.165) is 25.7 Å². The predicted molar refractivity (Wildman–Crippen MR) is 79.8 cm³/mol. The van der Waals surface area contributed by atoms with Gasteiger partial charge in [-0.2, -0.15) is 0 Å². The van der Waals surface area contributed by atoms with Crippen molar-refractivity contribution in [2.75, 3.05) is 5.75 Å².